The molecule has 1 aliphatic rings. The summed E-state index contributed by atoms with van der Waals surface area (Å²) in [6, 6.07) is 28.2. The van der Waals surface area contributed by atoms with Crippen LogP contribution in [0.25, 0.3) is 0 Å². The molecule has 1 saturated carbocycles. The van der Waals surface area contributed by atoms with Crippen LogP contribution in [0.2, 0.25) is 5.04 Å². The van der Waals surface area contributed by atoms with Crippen molar-refractivity contribution in [3.05, 3.63) is 102 Å². The topological polar surface area (TPSA) is 94.5 Å². The minimum atomic E-state index is -2.87. The molecular weight excluding hydrogens is 560 g/mol. The number of carbonyl (C=O) groups is 1. The van der Waals surface area contributed by atoms with E-state index in [4.69, 9.17) is 18.6 Å². The zero-order chi connectivity index (χ0) is 31.0. The first-order valence-corrected chi connectivity index (χ1v) is 16.7. The standard InChI is InChI=1S/C35H44O7Si/c1-35(2,3)43(28-12-8-6-9-13-28,29-14-10-7-11-15-29)42-23-26-20-32(36)33(37)21-30(26)31(34(38)40-5)24-41-22-25-16-18-27(39-4)19-17-25/h6-19,24,26,30,32-33,36-37H,20-23H2,1-5H3/b31-24+/t26-,30-,32?,33?/m0/s1. The summed E-state index contributed by atoms with van der Waals surface area (Å²) in [5, 5.41) is 23.5. The van der Waals surface area contributed by atoms with E-state index in [1.54, 1.807) is 7.11 Å². The van der Waals surface area contributed by atoms with Crippen LogP contribution in [0.1, 0.15) is 39.2 Å². The van der Waals surface area contributed by atoms with E-state index >= 15 is 0 Å². The number of esters is 1. The fourth-order valence-electron chi connectivity index (χ4n) is 6.15. The minimum absolute atomic E-state index is 0.183. The summed E-state index contributed by atoms with van der Waals surface area (Å²) in [6.45, 7) is 7.16. The molecule has 2 unspecified atom stereocenters. The zero-order valence-electron chi connectivity index (χ0n) is 25.7. The van der Waals surface area contributed by atoms with Crippen LogP contribution in [0.4, 0.5) is 0 Å². The fourth-order valence-corrected chi connectivity index (χ4v) is 10.8. The van der Waals surface area contributed by atoms with Gasteiger partial charge in [-0.05, 0) is 51.9 Å². The van der Waals surface area contributed by atoms with E-state index < -0.39 is 32.4 Å². The molecule has 8 heteroatoms. The van der Waals surface area contributed by atoms with Gasteiger partial charge in [0.2, 0.25) is 0 Å². The average Bonchev–Trinajstić information content (AvgIpc) is 3.01. The van der Waals surface area contributed by atoms with Gasteiger partial charge in [-0.25, -0.2) is 4.79 Å². The van der Waals surface area contributed by atoms with Crippen molar-refractivity contribution >= 4 is 24.7 Å². The highest BCUT2D eigenvalue weighted by Gasteiger charge is 2.51. The van der Waals surface area contributed by atoms with Gasteiger partial charge in [0.1, 0.15) is 12.4 Å². The molecule has 3 aromatic carbocycles. The summed E-state index contributed by atoms with van der Waals surface area (Å²) in [6.07, 6.45) is -0.00692. The predicted octanol–water partition coefficient (Wildman–Crippen LogP) is 4.59. The lowest BCUT2D eigenvalue weighted by molar-refractivity contribution is -0.138. The SMILES string of the molecule is COC(=O)/C(=C/OCc1ccc(OC)cc1)[C@H]1CC(O)C(O)C[C@H]1CO[Si](c1ccccc1)(c1ccccc1)C(C)(C)C. The van der Waals surface area contributed by atoms with Gasteiger partial charge in [0.25, 0.3) is 8.32 Å². The molecule has 3 aromatic rings. The lowest BCUT2D eigenvalue weighted by Crippen LogP contribution is -2.67. The number of rotatable bonds is 11. The quantitative estimate of drug-likeness (QED) is 0.143. The molecule has 0 saturated heterocycles. The van der Waals surface area contributed by atoms with Crippen molar-refractivity contribution in [2.45, 2.75) is 57.5 Å². The van der Waals surface area contributed by atoms with Crippen LogP contribution in [0, 0.1) is 11.8 Å². The molecule has 1 aliphatic carbocycles. The maximum atomic E-state index is 13.1. The second-order valence-corrected chi connectivity index (χ2v) is 16.5. The Labute approximate surface area is 256 Å². The number of aliphatic hydroxyl groups excluding tert-OH is 2. The third kappa shape index (κ3) is 7.38. The first kappa shape index (κ1) is 32.5. The Hall–Kier alpha value is -3.43. The van der Waals surface area contributed by atoms with Crippen molar-refractivity contribution in [2.75, 3.05) is 20.8 Å². The second kappa shape index (κ2) is 14.4. The minimum Gasteiger partial charge on any atom is -0.497 e. The molecule has 0 heterocycles. The molecule has 1 fully saturated rings. The number of aliphatic hydroxyl groups is 2. The molecule has 0 amide bonds. The first-order valence-electron chi connectivity index (χ1n) is 14.7. The predicted molar refractivity (Wildman–Crippen MR) is 170 cm³/mol. The molecule has 43 heavy (non-hydrogen) atoms. The lowest BCUT2D eigenvalue weighted by atomic mass is 9.73. The summed E-state index contributed by atoms with van der Waals surface area (Å²) < 4.78 is 23.5. The molecular formula is C35H44O7Si. The van der Waals surface area contributed by atoms with Gasteiger partial charge >= 0.3 is 5.97 Å². The summed E-state index contributed by atoms with van der Waals surface area (Å²) in [4.78, 5) is 13.1. The Balaban J connectivity index is 1.67. The van der Waals surface area contributed by atoms with Crippen molar-refractivity contribution < 1.29 is 33.6 Å². The van der Waals surface area contributed by atoms with Crippen molar-refractivity contribution in [3.8, 4) is 5.75 Å². The van der Waals surface area contributed by atoms with Crippen LogP contribution in [-0.4, -0.2) is 57.5 Å². The van der Waals surface area contributed by atoms with Crippen LogP contribution >= 0.6 is 0 Å². The van der Waals surface area contributed by atoms with Gasteiger partial charge in [0.05, 0.1) is 38.3 Å². The molecule has 230 valence electrons. The molecule has 2 N–H and O–H groups in total. The maximum Gasteiger partial charge on any atom is 0.337 e. The van der Waals surface area contributed by atoms with E-state index in [0.717, 1.165) is 21.7 Å². The van der Waals surface area contributed by atoms with Crippen molar-refractivity contribution in [3.63, 3.8) is 0 Å². The Kier molecular flexibility index (Phi) is 10.8. The number of hydrogen-bond donors (Lipinski definition) is 2. The number of ether oxygens (including phenoxy) is 3. The summed E-state index contributed by atoms with van der Waals surface area (Å²) in [5.41, 5.74) is 1.23. The van der Waals surface area contributed by atoms with E-state index in [0.29, 0.717) is 5.57 Å². The van der Waals surface area contributed by atoms with Crippen LogP contribution in [-0.2, 0) is 25.3 Å². The van der Waals surface area contributed by atoms with Gasteiger partial charge in [0, 0.05) is 12.5 Å². The van der Waals surface area contributed by atoms with Crippen molar-refractivity contribution in [1.29, 1.82) is 0 Å². The molecule has 0 bridgehead atoms. The molecule has 4 rings (SSSR count). The third-order valence-corrected chi connectivity index (χ3v) is 13.4. The van der Waals surface area contributed by atoms with Gasteiger partial charge < -0.3 is 28.8 Å². The van der Waals surface area contributed by atoms with Crippen LogP contribution < -0.4 is 15.1 Å². The number of carbonyl (C=O) groups excluding carboxylic acids is 1. The van der Waals surface area contributed by atoms with Crippen LogP contribution in [0.5, 0.6) is 5.75 Å². The third-order valence-electron chi connectivity index (χ3n) is 8.42. The van der Waals surface area contributed by atoms with Crippen molar-refractivity contribution in [2.24, 2.45) is 11.8 Å². The Bertz CT molecular complexity index is 1300. The fraction of sp³-hybridized carbons (Fsp3) is 0.400. The van der Waals surface area contributed by atoms with Gasteiger partial charge in [-0.15, -0.1) is 0 Å². The van der Waals surface area contributed by atoms with Crippen LogP contribution in [0.3, 0.4) is 0 Å². The molecule has 0 aliphatic heterocycles. The van der Waals surface area contributed by atoms with Gasteiger partial charge in [0.15, 0.2) is 0 Å². The highest BCUT2D eigenvalue weighted by molar-refractivity contribution is 6.99. The van der Waals surface area contributed by atoms with Gasteiger partial charge in [-0.2, -0.15) is 0 Å². The largest absolute Gasteiger partial charge is 0.497 e. The number of hydrogen-bond acceptors (Lipinski definition) is 7. The Morgan fingerprint density at radius 3 is 1.93 bits per heavy atom. The normalized spacial score (nSPS) is 21.2. The number of benzene rings is 3. The number of methoxy groups -OCH3 is 2. The smallest absolute Gasteiger partial charge is 0.337 e. The highest BCUT2D eigenvalue weighted by atomic mass is 28.4. The summed E-state index contributed by atoms with van der Waals surface area (Å²) >= 11 is 0. The molecule has 0 spiro atoms. The maximum absolute atomic E-state index is 13.1. The van der Waals surface area contributed by atoms with Crippen molar-refractivity contribution in [1.82, 2.24) is 0 Å². The first-order chi connectivity index (χ1) is 20.6. The zero-order valence-corrected chi connectivity index (χ0v) is 26.7. The molecule has 4 atom stereocenters. The van der Waals surface area contributed by atoms with E-state index in [2.05, 4.69) is 45.0 Å². The van der Waals surface area contributed by atoms with Gasteiger partial charge in [-0.3, -0.25) is 0 Å². The highest BCUT2D eigenvalue weighted by Crippen LogP contribution is 2.41. The Morgan fingerprint density at radius 1 is 0.860 bits per heavy atom. The summed E-state index contributed by atoms with van der Waals surface area (Å²) in [5.74, 6) is -0.498. The van der Waals surface area contributed by atoms with E-state index in [1.165, 1.54) is 13.4 Å². The Morgan fingerprint density at radius 2 is 1.42 bits per heavy atom. The molecule has 0 aromatic heterocycles. The van der Waals surface area contributed by atoms with E-state index in [1.807, 2.05) is 60.7 Å². The molecule has 0 radical (unpaired) electrons. The second-order valence-electron chi connectivity index (χ2n) is 12.2. The lowest BCUT2D eigenvalue weighted by Gasteiger charge is -2.45. The van der Waals surface area contributed by atoms with E-state index in [9.17, 15) is 15.0 Å². The van der Waals surface area contributed by atoms with Gasteiger partial charge in [-0.1, -0.05) is 93.6 Å². The van der Waals surface area contributed by atoms with Crippen LogP contribution in [0.15, 0.2) is 96.8 Å². The summed E-state index contributed by atoms with van der Waals surface area (Å²) in [7, 11) is 0.0755. The van der Waals surface area contributed by atoms with E-state index in [-0.39, 0.29) is 37.0 Å². The molecule has 7 nitrogen and oxygen atoms in total. The average molecular weight is 605 g/mol. The monoisotopic (exact) mass is 604 g/mol.